The lowest BCUT2D eigenvalue weighted by Gasteiger charge is -2.36. The highest BCUT2D eigenvalue weighted by Crippen LogP contribution is 2.25. The normalized spacial score (nSPS) is 19.3. The average molecular weight is 374 g/mol. The number of benzene rings is 1. The minimum atomic E-state index is -3.15. The van der Waals surface area contributed by atoms with Crippen molar-refractivity contribution in [2.75, 3.05) is 36.8 Å². The summed E-state index contributed by atoms with van der Waals surface area (Å²) < 4.78 is 25.7. The summed E-state index contributed by atoms with van der Waals surface area (Å²) in [6, 6.07) is 10.1. The lowest BCUT2D eigenvalue weighted by molar-refractivity contribution is 0.0739. The van der Waals surface area contributed by atoms with Crippen molar-refractivity contribution in [2.24, 2.45) is 7.05 Å². The molecule has 0 spiro atoms. The van der Waals surface area contributed by atoms with Gasteiger partial charge in [-0.1, -0.05) is 18.2 Å². The van der Waals surface area contributed by atoms with Gasteiger partial charge in [0.25, 0.3) is 5.91 Å². The first-order valence-electron chi connectivity index (χ1n) is 8.79. The lowest BCUT2D eigenvalue weighted by atomic mass is 10.1. The molecule has 2 aliphatic rings. The van der Waals surface area contributed by atoms with Crippen LogP contribution in [0.4, 0.5) is 5.69 Å². The molecule has 0 bridgehead atoms. The van der Waals surface area contributed by atoms with Crippen LogP contribution in [-0.4, -0.2) is 60.9 Å². The molecular weight excluding hydrogens is 352 g/mol. The Kier molecular flexibility index (Phi) is 4.22. The number of hydrogen-bond acceptors (Lipinski definition) is 5. The van der Waals surface area contributed by atoms with Crippen LogP contribution in [0.25, 0.3) is 0 Å². The molecule has 1 aromatic heterocycles. The maximum absolute atomic E-state index is 13.0. The number of fused-ring (bicyclic) bond motifs is 1. The predicted molar refractivity (Wildman–Crippen MR) is 99.0 cm³/mol. The number of aromatic nitrogens is 2. The van der Waals surface area contributed by atoms with Gasteiger partial charge in [-0.2, -0.15) is 5.10 Å². The molecule has 4 rings (SSSR count). The number of rotatable bonds is 2. The molecule has 0 unspecified atom stereocenters. The highest BCUT2D eigenvalue weighted by atomic mass is 32.2. The van der Waals surface area contributed by atoms with E-state index in [1.54, 1.807) is 16.6 Å². The second-order valence-electron chi connectivity index (χ2n) is 6.85. The smallest absolute Gasteiger partial charge is 0.274 e. The SMILES string of the molecule is Cn1nc(C(=O)N2CCN(c3ccccc3)CC2)c2c1CCS(=O)(=O)C2. The van der Waals surface area contributed by atoms with Gasteiger partial charge in [0.05, 0.1) is 11.5 Å². The Hall–Kier alpha value is -2.35. The number of sulfone groups is 1. The van der Waals surface area contributed by atoms with Gasteiger partial charge in [-0.25, -0.2) is 8.42 Å². The molecular formula is C18H22N4O3S. The Bertz CT molecular complexity index is 929. The Labute approximate surface area is 153 Å². The standard InChI is InChI=1S/C18H22N4O3S/c1-20-16-7-12-26(24,25)13-15(16)17(19-20)18(23)22-10-8-21(9-11-22)14-5-3-2-4-6-14/h2-6H,7-13H2,1H3. The van der Waals surface area contributed by atoms with Crippen LogP contribution in [0.15, 0.2) is 30.3 Å². The van der Waals surface area contributed by atoms with Gasteiger partial charge in [0.1, 0.15) is 0 Å². The van der Waals surface area contributed by atoms with Crippen LogP contribution in [0.1, 0.15) is 21.7 Å². The fourth-order valence-corrected chi connectivity index (χ4v) is 5.13. The summed E-state index contributed by atoms with van der Waals surface area (Å²) in [5.74, 6) is -0.115. The van der Waals surface area contributed by atoms with E-state index in [9.17, 15) is 13.2 Å². The molecule has 8 heteroatoms. The fourth-order valence-electron chi connectivity index (χ4n) is 3.74. The van der Waals surface area contributed by atoms with Gasteiger partial charge in [-0.3, -0.25) is 9.48 Å². The summed E-state index contributed by atoms with van der Waals surface area (Å²) in [6.07, 6.45) is 0.427. The minimum absolute atomic E-state index is 0.0821. The molecule has 1 saturated heterocycles. The number of carbonyl (C=O) groups is 1. The number of anilines is 1. The molecule has 0 radical (unpaired) electrons. The van der Waals surface area contributed by atoms with Crippen molar-refractivity contribution < 1.29 is 13.2 Å². The van der Waals surface area contributed by atoms with E-state index in [1.165, 1.54) is 0 Å². The number of para-hydroxylation sites is 1. The van der Waals surface area contributed by atoms with Crippen molar-refractivity contribution >= 4 is 21.4 Å². The summed E-state index contributed by atoms with van der Waals surface area (Å²) in [7, 11) is -1.37. The van der Waals surface area contributed by atoms with Gasteiger partial charge in [-0.15, -0.1) is 0 Å². The topological polar surface area (TPSA) is 75.5 Å². The number of piperazine rings is 1. The summed E-state index contributed by atoms with van der Waals surface area (Å²) in [5, 5.41) is 4.36. The lowest BCUT2D eigenvalue weighted by Crippen LogP contribution is -2.49. The molecule has 26 heavy (non-hydrogen) atoms. The number of nitrogens with zero attached hydrogens (tertiary/aromatic N) is 4. The van der Waals surface area contributed by atoms with E-state index in [1.807, 2.05) is 18.2 Å². The Morgan fingerprint density at radius 1 is 1.08 bits per heavy atom. The molecule has 0 N–H and O–H groups in total. The minimum Gasteiger partial charge on any atom is -0.368 e. The highest BCUT2D eigenvalue weighted by molar-refractivity contribution is 7.90. The number of hydrogen-bond donors (Lipinski definition) is 0. The highest BCUT2D eigenvalue weighted by Gasteiger charge is 2.33. The van der Waals surface area contributed by atoms with Gasteiger partial charge in [0.2, 0.25) is 0 Å². The first-order valence-corrected chi connectivity index (χ1v) is 10.6. The second kappa shape index (κ2) is 6.42. The third-order valence-corrected chi connectivity index (χ3v) is 6.73. The molecule has 0 saturated carbocycles. The maximum atomic E-state index is 13.0. The predicted octanol–water partition coefficient (Wildman–Crippen LogP) is 0.853. The summed E-state index contributed by atoms with van der Waals surface area (Å²) >= 11 is 0. The number of aryl methyl sites for hydroxylation is 1. The number of carbonyl (C=O) groups excluding carboxylic acids is 1. The van der Waals surface area contributed by atoms with Crippen molar-refractivity contribution in [3.63, 3.8) is 0 Å². The second-order valence-corrected chi connectivity index (χ2v) is 9.04. The molecule has 0 atom stereocenters. The van der Waals surface area contributed by atoms with E-state index in [0.717, 1.165) is 24.5 Å². The van der Waals surface area contributed by atoms with Gasteiger partial charge in [0, 0.05) is 56.6 Å². The van der Waals surface area contributed by atoms with Gasteiger partial charge in [0.15, 0.2) is 15.5 Å². The zero-order valence-corrected chi connectivity index (χ0v) is 15.6. The molecule has 1 aromatic carbocycles. The van der Waals surface area contributed by atoms with E-state index < -0.39 is 9.84 Å². The molecule has 2 aromatic rings. The summed E-state index contributed by atoms with van der Waals surface area (Å²) in [5.41, 5.74) is 2.92. The summed E-state index contributed by atoms with van der Waals surface area (Å²) in [6.45, 7) is 2.71. The van der Waals surface area contributed by atoms with Crippen molar-refractivity contribution in [2.45, 2.75) is 12.2 Å². The molecule has 1 fully saturated rings. The van der Waals surface area contributed by atoms with Crippen molar-refractivity contribution in [3.8, 4) is 0 Å². The first-order chi connectivity index (χ1) is 12.4. The van der Waals surface area contributed by atoms with Crippen LogP contribution in [0.3, 0.4) is 0 Å². The first kappa shape index (κ1) is 17.1. The van der Waals surface area contributed by atoms with Gasteiger partial charge < -0.3 is 9.80 Å². The van der Waals surface area contributed by atoms with E-state index in [4.69, 9.17) is 0 Å². The quantitative estimate of drug-likeness (QED) is 0.779. The van der Waals surface area contributed by atoms with E-state index in [0.29, 0.717) is 30.8 Å². The molecule has 2 aliphatic heterocycles. The van der Waals surface area contributed by atoms with Crippen LogP contribution in [0.5, 0.6) is 0 Å². The Morgan fingerprint density at radius 2 is 1.77 bits per heavy atom. The van der Waals surface area contributed by atoms with Gasteiger partial charge in [-0.05, 0) is 12.1 Å². The third kappa shape index (κ3) is 3.09. The Morgan fingerprint density at radius 3 is 2.46 bits per heavy atom. The molecule has 3 heterocycles. The molecule has 7 nitrogen and oxygen atoms in total. The summed E-state index contributed by atoms with van der Waals surface area (Å²) in [4.78, 5) is 17.0. The van der Waals surface area contributed by atoms with E-state index in [2.05, 4.69) is 22.1 Å². The molecule has 1 amide bonds. The van der Waals surface area contributed by atoms with Crippen LogP contribution in [-0.2, 0) is 29.1 Å². The monoisotopic (exact) mass is 374 g/mol. The fraction of sp³-hybridized carbons (Fsp3) is 0.444. The van der Waals surface area contributed by atoms with Crippen molar-refractivity contribution in [3.05, 3.63) is 47.3 Å². The zero-order chi connectivity index (χ0) is 18.3. The largest absolute Gasteiger partial charge is 0.368 e. The number of amides is 1. The maximum Gasteiger partial charge on any atom is 0.274 e. The van der Waals surface area contributed by atoms with Crippen LogP contribution in [0, 0.1) is 0 Å². The van der Waals surface area contributed by atoms with Crippen molar-refractivity contribution in [1.82, 2.24) is 14.7 Å². The van der Waals surface area contributed by atoms with Crippen LogP contribution >= 0.6 is 0 Å². The van der Waals surface area contributed by atoms with E-state index >= 15 is 0 Å². The molecule has 0 aliphatic carbocycles. The molecule has 138 valence electrons. The van der Waals surface area contributed by atoms with Crippen molar-refractivity contribution in [1.29, 1.82) is 0 Å². The average Bonchev–Trinajstić information content (AvgIpc) is 2.96. The third-order valence-electron chi connectivity index (χ3n) is 5.18. The van der Waals surface area contributed by atoms with E-state index in [-0.39, 0.29) is 17.4 Å². The zero-order valence-electron chi connectivity index (χ0n) is 14.8. The van der Waals surface area contributed by atoms with Crippen LogP contribution < -0.4 is 4.90 Å². The van der Waals surface area contributed by atoms with Gasteiger partial charge >= 0.3 is 0 Å². The Balaban J connectivity index is 1.51. The van der Waals surface area contributed by atoms with Crippen LogP contribution in [0.2, 0.25) is 0 Å².